The number of rotatable bonds is 6. The molecule has 0 spiro atoms. The Bertz CT molecular complexity index is 814. The molecule has 2 aromatic carbocycles. The van der Waals surface area contributed by atoms with E-state index in [1.165, 1.54) is 23.1 Å². The maximum atomic E-state index is 12.1. The summed E-state index contributed by atoms with van der Waals surface area (Å²) in [6.07, 6.45) is 0. The largest absolute Gasteiger partial charge is 0.482 e. The number of hydrogen-bond acceptors (Lipinski definition) is 4. The Labute approximate surface area is 159 Å². The molecule has 6 nitrogen and oxygen atoms in total. The smallest absolute Gasteiger partial charge is 0.271 e. The topological polar surface area (TPSA) is 72.7 Å². The number of carbonyl (C=O) groups excluding carboxylic acids is 1. The van der Waals surface area contributed by atoms with Crippen molar-refractivity contribution in [3.05, 3.63) is 67.1 Å². The average Bonchev–Trinajstić information content (AvgIpc) is 2.56. The summed E-state index contributed by atoms with van der Waals surface area (Å²) in [5.74, 6) is -0.0935. The minimum atomic E-state index is -0.564. The molecule has 0 aromatic heterocycles. The van der Waals surface area contributed by atoms with Gasteiger partial charge in [0, 0.05) is 25.7 Å². The van der Waals surface area contributed by atoms with Gasteiger partial charge in [0.05, 0.1) is 20.0 Å². The zero-order valence-electron chi connectivity index (χ0n) is 13.0. The number of likely N-dealkylation sites (N-methyl/N-ethyl adjacent to an activating group) is 1. The van der Waals surface area contributed by atoms with E-state index >= 15 is 0 Å². The van der Waals surface area contributed by atoms with Crippen LogP contribution in [0.15, 0.2) is 36.4 Å². The molecule has 0 aliphatic carbocycles. The van der Waals surface area contributed by atoms with Gasteiger partial charge in [-0.15, -0.1) is 0 Å². The van der Waals surface area contributed by atoms with Gasteiger partial charge >= 0.3 is 0 Å². The van der Waals surface area contributed by atoms with Crippen molar-refractivity contribution in [2.75, 3.05) is 13.7 Å². The summed E-state index contributed by atoms with van der Waals surface area (Å²) in [4.78, 5) is 23.7. The minimum Gasteiger partial charge on any atom is -0.482 e. The van der Waals surface area contributed by atoms with E-state index in [4.69, 9.17) is 39.5 Å². The third-order valence-corrected chi connectivity index (χ3v) is 4.34. The first kappa shape index (κ1) is 19.3. The van der Waals surface area contributed by atoms with Crippen LogP contribution >= 0.6 is 34.8 Å². The van der Waals surface area contributed by atoms with Crippen LogP contribution in [0.5, 0.6) is 5.75 Å². The van der Waals surface area contributed by atoms with E-state index in [1.54, 1.807) is 25.2 Å². The Morgan fingerprint density at radius 3 is 2.44 bits per heavy atom. The van der Waals surface area contributed by atoms with E-state index in [0.717, 1.165) is 5.56 Å². The van der Waals surface area contributed by atoms with Gasteiger partial charge in [-0.1, -0.05) is 40.9 Å². The molecule has 0 fully saturated rings. The standard InChI is InChI=1S/C16H13Cl3N2O4/c1-20(8-10-2-4-12(17)13(18)6-10)16(22)9-25-15-5-3-11(21(23)24)7-14(15)19/h2-7H,8-9H2,1H3. The van der Waals surface area contributed by atoms with Gasteiger partial charge in [-0.05, 0) is 23.8 Å². The number of ether oxygens (including phenoxy) is 1. The number of nitro groups is 1. The quantitative estimate of drug-likeness (QED) is 0.522. The Hall–Kier alpha value is -2.02. The molecule has 0 bridgehead atoms. The Kier molecular flexibility index (Phi) is 6.47. The Morgan fingerprint density at radius 2 is 1.84 bits per heavy atom. The van der Waals surface area contributed by atoms with Crippen LogP contribution in [0.2, 0.25) is 15.1 Å². The highest BCUT2D eigenvalue weighted by Crippen LogP contribution is 2.28. The summed E-state index contributed by atoms with van der Waals surface area (Å²) in [7, 11) is 1.62. The van der Waals surface area contributed by atoms with Crippen LogP contribution in [0, 0.1) is 10.1 Å². The molecule has 0 saturated heterocycles. The average molecular weight is 404 g/mol. The number of carbonyl (C=O) groups is 1. The van der Waals surface area contributed by atoms with Crippen molar-refractivity contribution < 1.29 is 14.5 Å². The minimum absolute atomic E-state index is 0.0640. The van der Waals surface area contributed by atoms with Gasteiger partial charge in [0.25, 0.3) is 11.6 Å². The van der Waals surface area contributed by atoms with E-state index in [-0.39, 0.29) is 29.0 Å². The summed E-state index contributed by atoms with van der Waals surface area (Å²) < 4.78 is 5.34. The van der Waals surface area contributed by atoms with E-state index in [1.807, 2.05) is 0 Å². The van der Waals surface area contributed by atoms with E-state index in [9.17, 15) is 14.9 Å². The van der Waals surface area contributed by atoms with Crippen molar-refractivity contribution in [3.63, 3.8) is 0 Å². The van der Waals surface area contributed by atoms with Gasteiger partial charge in [0.1, 0.15) is 5.75 Å². The second kappa shape index (κ2) is 8.38. The van der Waals surface area contributed by atoms with Crippen molar-refractivity contribution in [2.45, 2.75) is 6.54 Å². The summed E-state index contributed by atoms with van der Waals surface area (Å²) in [5, 5.41) is 11.6. The fourth-order valence-corrected chi connectivity index (χ4v) is 2.52. The lowest BCUT2D eigenvalue weighted by Crippen LogP contribution is -2.31. The van der Waals surface area contributed by atoms with Crippen LogP contribution in [0.25, 0.3) is 0 Å². The van der Waals surface area contributed by atoms with Gasteiger partial charge in [-0.3, -0.25) is 14.9 Å². The van der Waals surface area contributed by atoms with Crippen LogP contribution in [0.3, 0.4) is 0 Å². The molecule has 0 heterocycles. The van der Waals surface area contributed by atoms with Gasteiger partial charge in [0.15, 0.2) is 6.61 Å². The molecule has 9 heteroatoms. The highest BCUT2D eigenvalue weighted by atomic mass is 35.5. The molecule has 0 saturated carbocycles. The lowest BCUT2D eigenvalue weighted by Gasteiger charge is -2.18. The second-order valence-electron chi connectivity index (χ2n) is 5.16. The molecule has 2 rings (SSSR count). The van der Waals surface area contributed by atoms with E-state index in [0.29, 0.717) is 16.6 Å². The molecule has 0 N–H and O–H groups in total. The predicted molar refractivity (Wildman–Crippen MR) is 96.5 cm³/mol. The molecule has 0 aliphatic rings. The summed E-state index contributed by atoms with van der Waals surface area (Å²) in [5.41, 5.74) is 0.666. The Morgan fingerprint density at radius 1 is 1.12 bits per heavy atom. The van der Waals surface area contributed by atoms with E-state index < -0.39 is 4.92 Å². The molecular formula is C16H13Cl3N2O4. The van der Waals surface area contributed by atoms with Crippen molar-refractivity contribution >= 4 is 46.4 Å². The predicted octanol–water partition coefficient (Wildman–Crippen LogP) is 4.59. The summed E-state index contributed by atoms with van der Waals surface area (Å²) >= 11 is 17.7. The number of benzene rings is 2. The molecule has 0 radical (unpaired) electrons. The fraction of sp³-hybridized carbons (Fsp3) is 0.188. The number of nitro benzene ring substituents is 1. The molecule has 0 atom stereocenters. The number of nitrogens with zero attached hydrogens (tertiary/aromatic N) is 2. The molecule has 2 aromatic rings. The van der Waals surface area contributed by atoms with E-state index in [2.05, 4.69) is 0 Å². The monoisotopic (exact) mass is 402 g/mol. The highest BCUT2D eigenvalue weighted by molar-refractivity contribution is 6.42. The van der Waals surface area contributed by atoms with Crippen LogP contribution in [0.1, 0.15) is 5.56 Å². The van der Waals surface area contributed by atoms with Crippen LogP contribution in [-0.4, -0.2) is 29.4 Å². The maximum absolute atomic E-state index is 12.1. The van der Waals surface area contributed by atoms with Gasteiger partial charge in [-0.2, -0.15) is 0 Å². The third-order valence-electron chi connectivity index (χ3n) is 3.31. The van der Waals surface area contributed by atoms with Crippen molar-refractivity contribution in [1.82, 2.24) is 4.90 Å². The van der Waals surface area contributed by atoms with Crippen molar-refractivity contribution in [2.24, 2.45) is 0 Å². The Balaban J connectivity index is 1.95. The van der Waals surface area contributed by atoms with Crippen LogP contribution in [0.4, 0.5) is 5.69 Å². The SMILES string of the molecule is CN(Cc1ccc(Cl)c(Cl)c1)C(=O)COc1ccc([N+](=O)[O-])cc1Cl. The van der Waals surface area contributed by atoms with Crippen molar-refractivity contribution in [1.29, 1.82) is 0 Å². The number of halogens is 3. The first-order valence-electron chi connectivity index (χ1n) is 7.02. The fourth-order valence-electron chi connectivity index (χ4n) is 1.97. The van der Waals surface area contributed by atoms with Gasteiger partial charge in [-0.25, -0.2) is 0 Å². The highest BCUT2D eigenvalue weighted by Gasteiger charge is 2.14. The van der Waals surface area contributed by atoms with Crippen molar-refractivity contribution in [3.8, 4) is 5.75 Å². The number of amides is 1. The molecular weight excluding hydrogens is 391 g/mol. The lowest BCUT2D eigenvalue weighted by atomic mass is 10.2. The zero-order valence-corrected chi connectivity index (χ0v) is 15.3. The lowest BCUT2D eigenvalue weighted by molar-refractivity contribution is -0.384. The first-order valence-corrected chi connectivity index (χ1v) is 8.16. The summed E-state index contributed by atoms with van der Waals surface area (Å²) in [6.45, 7) is 0.0719. The zero-order chi connectivity index (χ0) is 18.6. The number of hydrogen-bond donors (Lipinski definition) is 0. The molecule has 132 valence electrons. The second-order valence-corrected chi connectivity index (χ2v) is 6.38. The number of non-ortho nitro benzene ring substituents is 1. The molecule has 0 unspecified atom stereocenters. The molecule has 0 aliphatic heterocycles. The maximum Gasteiger partial charge on any atom is 0.271 e. The van der Waals surface area contributed by atoms with Crippen LogP contribution in [-0.2, 0) is 11.3 Å². The third kappa shape index (κ3) is 5.22. The van der Waals surface area contributed by atoms with Gasteiger partial charge < -0.3 is 9.64 Å². The normalized spacial score (nSPS) is 10.4. The van der Waals surface area contributed by atoms with Gasteiger partial charge in [0.2, 0.25) is 0 Å². The first-order chi connectivity index (χ1) is 11.8. The molecule has 25 heavy (non-hydrogen) atoms. The molecule has 1 amide bonds. The van der Waals surface area contributed by atoms with Crippen LogP contribution < -0.4 is 4.74 Å². The summed E-state index contributed by atoms with van der Waals surface area (Å²) in [6, 6.07) is 8.89.